The van der Waals surface area contributed by atoms with Gasteiger partial charge in [-0.1, -0.05) is 18.2 Å². The van der Waals surface area contributed by atoms with Crippen LogP contribution in [0.3, 0.4) is 0 Å². The summed E-state index contributed by atoms with van der Waals surface area (Å²) < 4.78 is 0. The largest absolute Gasteiger partial charge is 0.361 e. The molecule has 0 radical (unpaired) electrons. The Balaban J connectivity index is 0.000000128. The van der Waals surface area contributed by atoms with Crippen LogP contribution in [0.4, 0.5) is 0 Å². The number of aromatic nitrogens is 1. The van der Waals surface area contributed by atoms with E-state index in [-0.39, 0.29) is 11.6 Å². The normalized spacial score (nSPS) is 13.6. The lowest BCUT2D eigenvalue weighted by Crippen LogP contribution is -1.97. The van der Waals surface area contributed by atoms with Gasteiger partial charge in [0.1, 0.15) is 0 Å². The van der Waals surface area contributed by atoms with Crippen LogP contribution < -0.4 is 0 Å². The number of H-pyrrole nitrogens is 1. The Labute approximate surface area is 98.5 Å². The number of carbonyl (C=O) groups excluding carboxylic acids is 2. The highest BCUT2D eigenvalue weighted by Gasteiger charge is 1.97. The third-order valence-corrected chi connectivity index (χ3v) is 2.29. The van der Waals surface area contributed by atoms with Gasteiger partial charge in [0.25, 0.3) is 0 Å². The van der Waals surface area contributed by atoms with E-state index in [1.165, 1.54) is 35.2 Å². The summed E-state index contributed by atoms with van der Waals surface area (Å²) in [6.07, 6.45) is 6.96. The smallest absolute Gasteiger partial charge is 0.178 e. The van der Waals surface area contributed by atoms with Crippen molar-refractivity contribution in [1.82, 2.24) is 4.98 Å². The van der Waals surface area contributed by atoms with Crippen molar-refractivity contribution in [2.24, 2.45) is 0 Å². The number of aromatic amines is 1. The number of rotatable bonds is 0. The zero-order valence-electron chi connectivity index (χ0n) is 9.09. The number of benzene rings is 1. The second-order valence-corrected chi connectivity index (χ2v) is 3.54. The van der Waals surface area contributed by atoms with E-state index in [1.54, 1.807) is 0 Å². The first-order chi connectivity index (χ1) is 8.25. The van der Waals surface area contributed by atoms with Gasteiger partial charge in [0.05, 0.1) is 0 Å². The number of para-hydroxylation sites is 1. The van der Waals surface area contributed by atoms with Gasteiger partial charge < -0.3 is 4.98 Å². The number of carbonyl (C=O) groups is 2. The second kappa shape index (κ2) is 5.07. The predicted octanol–water partition coefficient (Wildman–Crippen LogP) is 2.42. The van der Waals surface area contributed by atoms with E-state index >= 15 is 0 Å². The molecule has 3 heteroatoms. The number of hydrogen-bond acceptors (Lipinski definition) is 2. The quantitative estimate of drug-likeness (QED) is 0.700. The summed E-state index contributed by atoms with van der Waals surface area (Å²) >= 11 is 0. The van der Waals surface area contributed by atoms with Crippen LogP contribution in [0, 0.1) is 0 Å². The van der Waals surface area contributed by atoms with Crippen LogP contribution in [0.5, 0.6) is 0 Å². The molecular formula is C14H11NO2. The van der Waals surface area contributed by atoms with Gasteiger partial charge in [-0.25, -0.2) is 0 Å². The Bertz CT molecular complexity index is 537. The van der Waals surface area contributed by atoms with Gasteiger partial charge in [0.2, 0.25) is 0 Å². The summed E-state index contributed by atoms with van der Waals surface area (Å²) in [5.41, 5.74) is 1.21. The van der Waals surface area contributed by atoms with Crippen molar-refractivity contribution in [3.8, 4) is 0 Å². The first-order valence-corrected chi connectivity index (χ1v) is 5.22. The summed E-state index contributed by atoms with van der Waals surface area (Å²) in [4.78, 5) is 23.7. The van der Waals surface area contributed by atoms with E-state index in [4.69, 9.17) is 0 Å². The van der Waals surface area contributed by atoms with Gasteiger partial charge in [0.15, 0.2) is 11.6 Å². The van der Waals surface area contributed by atoms with Gasteiger partial charge >= 0.3 is 0 Å². The minimum absolute atomic E-state index is 0.121. The molecule has 1 aliphatic rings. The van der Waals surface area contributed by atoms with Crippen LogP contribution in [0.1, 0.15) is 0 Å². The van der Waals surface area contributed by atoms with E-state index < -0.39 is 0 Å². The minimum Gasteiger partial charge on any atom is -0.361 e. The molecule has 1 aliphatic carbocycles. The maximum absolute atomic E-state index is 10.3. The van der Waals surface area contributed by atoms with Gasteiger partial charge in [-0.15, -0.1) is 0 Å². The summed E-state index contributed by atoms with van der Waals surface area (Å²) in [6.45, 7) is 0. The fraction of sp³-hybridized carbons (Fsp3) is 0. The fourth-order valence-corrected chi connectivity index (χ4v) is 1.43. The molecule has 3 rings (SSSR count). The molecule has 2 aromatic rings. The third kappa shape index (κ3) is 3.01. The summed E-state index contributed by atoms with van der Waals surface area (Å²) in [5.74, 6) is -0.241. The molecule has 0 saturated heterocycles. The van der Waals surface area contributed by atoms with Crippen molar-refractivity contribution in [2.75, 3.05) is 0 Å². The molecule has 0 saturated carbocycles. The van der Waals surface area contributed by atoms with Crippen molar-refractivity contribution < 1.29 is 9.59 Å². The molecule has 1 heterocycles. The molecule has 0 bridgehead atoms. The lowest BCUT2D eigenvalue weighted by Gasteiger charge is -1.87. The van der Waals surface area contributed by atoms with E-state index in [0.29, 0.717) is 0 Å². The molecular weight excluding hydrogens is 214 g/mol. The molecule has 84 valence electrons. The lowest BCUT2D eigenvalue weighted by atomic mass is 10.2. The highest BCUT2D eigenvalue weighted by Crippen LogP contribution is 2.09. The number of fused-ring (bicyclic) bond motifs is 1. The standard InChI is InChI=1S/C8H7N.C6H4O2/c1-2-4-8-7(3-1)5-6-9-8;7-5-1-2-6(8)4-3-5/h1-6,9H;1-4H. The fourth-order valence-electron chi connectivity index (χ4n) is 1.43. The maximum Gasteiger partial charge on any atom is 0.178 e. The van der Waals surface area contributed by atoms with Gasteiger partial charge in [0, 0.05) is 11.7 Å². The highest BCUT2D eigenvalue weighted by molar-refractivity contribution is 6.14. The average molecular weight is 225 g/mol. The Morgan fingerprint density at radius 3 is 1.94 bits per heavy atom. The van der Waals surface area contributed by atoms with Crippen LogP contribution >= 0.6 is 0 Å². The van der Waals surface area contributed by atoms with E-state index in [2.05, 4.69) is 23.2 Å². The molecule has 1 aromatic carbocycles. The topological polar surface area (TPSA) is 49.9 Å². The van der Waals surface area contributed by atoms with E-state index in [9.17, 15) is 9.59 Å². The van der Waals surface area contributed by atoms with Crippen molar-refractivity contribution in [3.05, 3.63) is 60.8 Å². The van der Waals surface area contributed by atoms with Crippen molar-refractivity contribution >= 4 is 22.5 Å². The number of nitrogens with one attached hydrogen (secondary N) is 1. The molecule has 3 nitrogen and oxygen atoms in total. The minimum atomic E-state index is -0.121. The Morgan fingerprint density at radius 1 is 0.765 bits per heavy atom. The number of hydrogen-bond donors (Lipinski definition) is 1. The Morgan fingerprint density at radius 2 is 1.35 bits per heavy atom. The van der Waals surface area contributed by atoms with Gasteiger partial charge in [-0.05, 0) is 41.8 Å². The summed E-state index contributed by atoms with van der Waals surface area (Å²) in [5, 5.41) is 1.28. The highest BCUT2D eigenvalue weighted by atomic mass is 16.1. The Hall–Kier alpha value is -2.42. The summed E-state index contributed by atoms with van der Waals surface area (Å²) in [7, 11) is 0. The molecule has 0 unspecified atom stereocenters. The van der Waals surface area contributed by atoms with Crippen LogP contribution in [0.2, 0.25) is 0 Å². The van der Waals surface area contributed by atoms with Gasteiger partial charge in [-0.2, -0.15) is 0 Å². The van der Waals surface area contributed by atoms with Crippen molar-refractivity contribution in [3.63, 3.8) is 0 Å². The maximum atomic E-state index is 10.3. The van der Waals surface area contributed by atoms with Crippen LogP contribution in [-0.4, -0.2) is 16.6 Å². The third-order valence-electron chi connectivity index (χ3n) is 2.29. The van der Waals surface area contributed by atoms with E-state index in [0.717, 1.165) is 0 Å². The number of allylic oxidation sites excluding steroid dienone is 4. The van der Waals surface area contributed by atoms with Gasteiger partial charge in [-0.3, -0.25) is 9.59 Å². The van der Waals surface area contributed by atoms with Crippen LogP contribution in [-0.2, 0) is 9.59 Å². The number of ketones is 2. The molecule has 0 atom stereocenters. The monoisotopic (exact) mass is 225 g/mol. The zero-order chi connectivity index (χ0) is 12.1. The zero-order valence-corrected chi connectivity index (χ0v) is 9.09. The first kappa shape index (κ1) is 11.1. The second-order valence-electron chi connectivity index (χ2n) is 3.54. The molecule has 0 fully saturated rings. The van der Waals surface area contributed by atoms with E-state index in [1.807, 2.05) is 18.3 Å². The molecule has 0 spiro atoms. The molecule has 1 aromatic heterocycles. The first-order valence-electron chi connectivity index (χ1n) is 5.22. The van der Waals surface area contributed by atoms with Crippen molar-refractivity contribution in [1.29, 1.82) is 0 Å². The van der Waals surface area contributed by atoms with Crippen LogP contribution in [0.25, 0.3) is 10.9 Å². The van der Waals surface area contributed by atoms with Crippen molar-refractivity contribution in [2.45, 2.75) is 0 Å². The molecule has 0 amide bonds. The Kier molecular flexibility index (Phi) is 3.31. The lowest BCUT2D eigenvalue weighted by molar-refractivity contribution is -0.113. The average Bonchev–Trinajstić information content (AvgIpc) is 2.82. The molecule has 17 heavy (non-hydrogen) atoms. The summed E-state index contributed by atoms with van der Waals surface area (Å²) in [6, 6.07) is 10.3. The predicted molar refractivity (Wildman–Crippen MR) is 66.6 cm³/mol. The SMILES string of the molecule is O=C1C=CC(=O)C=C1.c1ccc2[nH]ccc2c1. The molecule has 0 aliphatic heterocycles. The van der Waals surface area contributed by atoms with Crippen LogP contribution in [0.15, 0.2) is 60.8 Å². The molecule has 1 N–H and O–H groups in total.